The highest BCUT2D eigenvalue weighted by Crippen LogP contribution is 2.28. The predicted octanol–water partition coefficient (Wildman–Crippen LogP) is 5.04. The molecule has 0 aliphatic heterocycles. The van der Waals surface area contributed by atoms with E-state index in [0.29, 0.717) is 0 Å². The van der Waals surface area contributed by atoms with Gasteiger partial charge in [-0.05, 0) is 47.2 Å². The van der Waals surface area contributed by atoms with E-state index in [0.717, 1.165) is 34.6 Å². The third-order valence-electron chi connectivity index (χ3n) is 3.05. The van der Waals surface area contributed by atoms with Crippen molar-refractivity contribution in [1.29, 1.82) is 0 Å². The zero-order chi connectivity index (χ0) is 13.9. The zero-order valence-corrected chi connectivity index (χ0v) is 12.6. The summed E-state index contributed by atoms with van der Waals surface area (Å²) in [4.78, 5) is 9.38. The second-order valence-corrected chi connectivity index (χ2v) is 5.79. The Hall–Kier alpha value is -1.65. The molecular formula is C15H14ClN3S. The summed E-state index contributed by atoms with van der Waals surface area (Å²) in [5.74, 6) is 0.754. The molecule has 0 aliphatic rings. The van der Waals surface area contributed by atoms with Gasteiger partial charge < -0.3 is 5.32 Å². The number of nitrogens with one attached hydrogen (secondary N) is 1. The van der Waals surface area contributed by atoms with Gasteiger partial charge in [-0.2, -0.15) is 4.98 Å². The van der Waals surface area contributed by atoms with Crippen LogP contribution in [0.1, 0.15) is 18.9 Å². The van der Waals surface area contributed by atoms with Gasteiger partial charge in [-0.15, -0.1) is 11.3 Å². The molecule has 0 amide bonds. The Balaban J connectivity index is 1.90. The second-order valence-electron chi connectivity index (χ2n) is 4.55. The number of hydrogen-bond acceptors (Lipinski definition) is 4. The molecule has 3 aromatic rings. The largest absolute Gasteiger partial charge is 0.340 e. The van der Waals surface area contributed by atoms with Gasteiger partial charge in [-0.25, -0.2) is 4.98 Å². The molecule has 2 aromatic heterocycles. The summed E-state index contributed by atoms with van der Waals surface area (Å²) in [7, 11) is 0. The third-order valence-corrected chi connectivity index (χ3v) is 4.03. The van der Waals surface area contributed by atoms with Crippen LogP contribution in [0, 0.1) is 0 Å². The zero-order valence-electron chi connectivity index (χ0n) is 11.1. The summed E-state index contributed by atoms with van der Waals surface area (Å²) in [6, 6.07) is 10.4. The fraction of sp³-hybridized carbons (Fsp3) is 0.200. The van der Waals surface area contributed by atoms with Gasteiger partial charge in [0.2, 0.25) is 5.28 Å². The SMILES string of the molecule is CCCc1ccc(Nc2nc(Cl)nc3sccc23)cc1. The number of nitrogens with zero attached hydrogens (tertiary/aromatic N) is 2. The van der Waals surface area contributed by atoms with E-state index >= 15 is 0 Å². The Morgan fingerprint density at radius 2 is 1.95 bits per heavy atom. The van der Waals surface area contributed by atoms with Crippen LogP contribution in [-0.4, -0.2) is 9.97 Å². The summed E-state index contributed by atoms with van der Waals surface area (Å²) < 4.78 is 0. The molecule has 0 spiro atoms. The lowest BCUT2D eigenvalue weighted by Crippen LogP contribution is -1.96. The van der Waals surface area contributed by atoms with Crippen LogP contribution in [0.2, 0.25) is 5.28 Å². The minimum absolute atomic E-state index is 0.269. The number of hydrogen-bond donors (Lipinski definition) is 1. The van der Waals surface area contributed by atoms with E-state index in [4.69, 9.17) is 11.6 Å². The fourth-order valence-electron chi connectivity index (χ4n) is 2.10. The highest BCUT2D eigenvalue weighted by Gasteiger charge is 2.08. The Bertz CT molecular complexity index is 722. The van der Waals surface area contributed by atoms with E-state index < -0.39 is 0 Å². The van der Waals surface area contributed by atoms with Crippen LogP contribution >= 0.6 is 22.9 Å². The third kappa shape index (κ3) is 2.76. The molecule has 5 heteroatoms. The van der Waals surface area contributed by atoms with Gasteiger partial charge in [0.25, 0.3) is 0 Å². The van der Waals surface area contributed by atoms with Crippen molar-refractivity contribution < 1.29 is 0 Å². The Kier molecular flexibility index (Phi) is 3.85. The molecule has 102 valence electrons. The quantitative estimate of drug-likeness (QED) is 0.686. The van der Waals surface area contributed by atoms with Crippen molar-refractivity contribution in [3.05, 3.63) is 46.6 Å². The summed E-state index contributed by atoms with van der Waals surface area (Å²) >= 11 is 7.52. The summed E-state index contributed by atoms with van der Waals surface area (Å²) in [5.41, 5.74) is 2.35. The Morgan fingerprint density at radius 1 is 1.15 bits per heavy atom. The Labute approximate surface area is 126 Å². The first-order valence-electron chi connectivity index (χ1n) is 6.53. The van der Waals surface area contributed by atoms with E-state index in [2.05, 4.69) is 46.5 Å². The number of benzene rings is 1. The van der Waals surface area contributed by atoms with Crippen LogP contribution in [-0.2, 0) is 6.42 Å². The van der Waals surface area contributed by atoms with Crippen LogP contribution in [0.4, 0.5) is 11.5 Å². The van der Waals surface area contributed by atoms with Gasteiger partial charge in [-0.1, -0.05) is 25.5 Å². The number of aromatic nitrogens is 2. The number of anilines is 2. The van der Waals surface area contributed by atoms with Crippen LogP contribution in [0.5, 0.6) is 0 Å². The molecule has 0 fully saturated rings. The molecule has 1 N–H and O–H groups in total. The molecule has 3 nitrogen and oxygen atoms in total. The van der Waals surface area contributed by atoms with Crippen molar-refractivity contribution in [3.63, 3.8) is 0 Å². The van der Waals surface area contributed by atoms with Gasteiger partial charge in [0.05, 0.1) is 5.39 Å². The lowest BCUT2D eigenvalue weighted by Gasteiger charge is -2.08. The molecule has 20 heavy (non-hydrogen) atoms. The molecule has 0 bridgehead atoms. The molecule has 0 aliphatic carbocycles. The minimum atomic E-state index is 0.269. The monoisotopic (exact) mass is 303 g/mol. The highest BCUT2D eigenvalue weighted by atomic mass is 35.5. The van der Waals surface area contributed by atoms with Gasteiger partial charge >= 0.3 is 0 Å². The number of rotatable bonds is 4. The fourth-order valence-corrected chi connectivity index (χ4v) is 3.09. The van der Waals surface area contributed by atoms with Crippen molar-refractivity contribution in [2.75, 3.05) is 5.32 Å². The average molecular weight is 304 g/mol. The van der Waals surface area contributed by atoms with Crippen molar-refractivity contribution in [3.8, 4) is 0 Å². The number of thiophene rings is 1. The first-order valence-corrected chi connectivity index (χ1v) is 7.78. The van der Waals surface area contributed by atoms with Crippen molar-refractivity contribution in [2.24, 2.45) is 0 Å². The van der Waals surface area contributed by atoms with E-state index in [1.807, 2.05) is 11.4 Å². The number of halogens is 1. The van der Waals surface area contributed by atoms with E-state index in [1.54, 1.807) is 11.3 Å². The van der Waals surface area contributed by atoms with Crippen molar-refractivity contribution in [2.45, 2.75) is 19.8 Å². The molecule has 2 heterocycles. The molecule has 1 aromatic carbocycles. The first kappa shape index (κ1) is 13.3. The standard InChI is InChI=1S/C15H14ClN3S/c1-2-3-10-4-6-11(7-5-10)17-13-12-8-9-20-14(12)19-15(16)18-13/h4-9H,2-3H2,1H3,(H,17,18,19). The van der Waals surface area contributed by atoms with E-state index in [9.17, 15) is 0 Å². The van der Waals surface area contributed by atoms with Gasteiger partial charge in [0, 0.05) is 5.69 Å². The minimum Gasteiger partial charge on any atom is -0.340 e. The molecule has 0 atom stereocenters. The first-order chi connectivity index (χ1) is 9.76. The van der Waals surface area contributed by atoms with Crippen LogP contribution in [0.15, 0.2) is 35.7 Å². The van der Waals surface area contributed by atoms with Gasteiger partial charge in [0.1, 0.15) is 10.6 Å². The lowest BCUT2D eigenvalue weighted by molar-refractivity contribution is 0.922. The van der Waals surface area contributed by atoms with E-state index in [1.165, 1.54) is 5.56 Å². The van der Waals surface area contributed by atoms with Crippen LogP contribution < -0.4 is 5.32 Å². The summed E-state index contributed by atoms with van der Waals surface area (Å²) in [5, 5.41) is 6.57. The topological polar surface area (TPSA) is 37.8 Å². The smallest absolute Gasteiger partial charge is 0.225 e. The molecule has 3 rings (SSSR count). The van der Waals surface area contributed by atoms with Gasteiger partial charge in [-0.3, -0.25) is 0 Å². The summed E-state index contributed by atoms with van der Waals surface area (Å²) in [6.45, 7) is 2.18. The van der Waals surface area contributed by atoms with Crippen LogP contribution in [0.25, 0.3) is 10.2 Å². The normalized spacial score (nSPS) is 10.9. The maximum atomic E-state index is 5.96. The van der Waals surface area contributed by atoms with Crippen molar-refractivity contribution >= 4 is 44.7 Å². The average Bonchev–Trinajstić information content (AvgIpc) is 2.89. The molecule has 0 unspecified atom stereocenters. The van der Waals surface area contributed by atoms with Gasteiger partial charge in [0.15, 0.2) is 0 Å². The molecule has 0 saturated heterocycles. The van der Waals surface area contributed by atoms with Crippen LogP contribution in [0.3, 0.4) is 0 Å². The number of fused-ring (bicyclic) bond motifs is 1. The highest BCUT2D eigenvalue weighted by molar-refractivity contribution is 7.16. The maximum Gasteiger partial charge on any atom is 0.225 e. The molecule has 0 radical (unpaired) electrons. The predicted molar refractivity (Wildman–Crippen MR) is 86.1 cm³/mol. The van der Waals surface area contributed by atoms with E-state index in [-0.39, 0.29) is 5.28 Å². The lowest BCUT2D eigenvalue weighted by atomic mass is 10.1. The molecular weight excluding hydrogens is 290 g/mol. The second kappa shape index (κ2) is 5.77. The molecule has 0 saturated carbocycles. The maximum absolute atomic E-state index is 5.96. The Morgan fingerprint density at radius 3 is 2.70 bits per heavy atom. The number of aryl methyl sites for hydroxylation is 1. The van der Waals surface area contributed by atoms with Crippen molar-refractivity contribution in [1.82, 2.24) is 9.97 Å². The summed E-state index contributed by atoms with van der Waals surface area (Å²) in [6.07, 6.45) is 2.26.